The van der Waals surface area contributed by atoms with Gasteiger partial charge in [-0.2, -0.15) is 0 Å². The molecule has 2 N–H and O–H groups in total. The van der Waals surface area contributed by atoms with Gasteiger partial charge in [-0.25, -0.2) is 4.79 Å². The van der Waals surface area contributed by atoms with Crippen LogP contribution < -0.4 is 5.32 Å². The van der Waals surface area contributed by atoms with Crippen LogP contribution in [0.1, 0.15) is 23.0 Å². The van der Waals surface area contributed by atoms with Gasteiger partial charge in [0.2, 0.25) is 0 Å². The Morgan fingerprint density at radius 3 is 2.82 bits per heavy atom. The number of anilines is 1. The molecular weight excluding hydrogens is 216 g/mol. The molecule has 0 aliphatic rings. The Hall–Kier alpha value is -1.97. The highest BCUT2D eigenvalue weighted by molar-refractivity contribution is 5.99. The number of benzene rings is 1. The fourth-order valence-corrected chi connectivity index (χ4v) is 1.91. The first-order valence-corrected chi connectivity index (χ1v) is 5.64. The number of aryl methyl sites for hydroxylation is 1. The highest BCUT2D eigenvalue weighted by Crippen LogP contribution is 2.25. The Morgan fingerprint density at radius 1 is 1.41 bits per heavy atom. The maximum Gasteiger partial charge on any atom is 0.354 e. The summed E-state index contributed by atoms with van der Waals surface area (Å²) in [6, 6.07) is 5.89. The van der Waals surface area contributed by atoms with Gasteiger partial charge in [0, 0.05) is 12.4 Å². The quantitative estimate of drug-likeness (QED) is 0.800. The average molecular weight is 232 g/mol. The number of esters is 1. The number of hydrogen-bond donors (Lipinski definition) is 2. The van der Waals surface area contributed by atoms with E-state index < -0.39 is 0 Å². The maximum atomic E-state index is 11.6. The summed E-state index contributed by atoms with van der Waals surface area (Å²) >= 11 is 0. The number of rotatable bonds is 3. The zero-order valence-corrected chi connectivity index (χ0v) is 10.3. The van der Waals surface area contributed by atoms with Crippen molar-refractivity contribution in [3.63, 3.8) is 0 Å². The molecule has 0 atom stereocenters. The van der Waals surface area contributed by atoms with Crippen LogP contribution in [0.4, 0.5) is 5.69 Å². The van der Waals surface area contributed by atoms with Gasteiger partial charge in [-0.1, -0.05) is 0 Å². The predicted octanol–water partition coefficient (Wildman–Crippen LogP) is 2.69. The van der Waals surface area contributed by atoms with E-state index in [0.717, 1.165) is 22.2 Å². The van der Waals surface area contributed by atoms with Gasteiger partial charge in [-0.15, -0.1) is 0 Å². The maximum absolute atomic E-state index is 11.6. The molecule has 0 saturated carbocycles. The fourth-order valence-electron chi connectivity index (χ4n) is 1.91. The molecule has 1 aromatic heterocycles. The summed E-state index contributed by atoms with van der Waals surface area (Å²) in [4.78, 5) is 14.7. The number of H-pyrrole nitrogens is 1. The molecule has 0 aliphatic heterocycles. The van der Waals surface area contributed by atoms with Crippen LogP contribution in [-0.4, -0.2) is 24.6 Å². The summed E-state index contributed by atoms with van der Waals surface area (Å²) in [5.74, 6) is -0.316. The van der Waals surface area contributed by atoms with Crippen LogP contribution in [-0.2, 0) is 4.74 Å². The minimum Gasteiger partial charge on any atom is -0.461 e. The van der Waals surface area contributed by atoms with Gasteiger partial charge in [0.25, 0.3) is 0 Å². The smallest absolute Gasteiger partial charge is 0.354 e. The molecule has 4 nitrogen and oxygen atoms in total. The van der Waals surface area contributed by atoms with Gasteiger partial charge in [-0.3, -0.25) is 0 Å². The van der Waals surface area contributed by atoms with Gasteiger partial charge in [-0.05, 0) is 37.6 Å². The summed E-state index contributed by atoms with van der Waals surface area (Å²) < 4.78 is 4.97. The second-order valence-corrected chi connectivity index (χ2v) is 3.93. The Labute approximate surface area is 100.0 Å². The van der Waals surface area contributed by atoms with Crippen molar-refractivity contribution in [3.05, 3.63) is 29.5 Å². The van der Waals surface area contributed by atoms with Crippen LogP contribution in [0.15, 0.2) is 18.2 Å². The number of aromatic amines is 1. The molecule has 2 aromatic rings. The second kappa shape index (κ2) is 4.49. The van der Waals surface area contributed by atoms with Crippen molar-refractivity contribution in [1.82, 2.24) is 4.98 Å². The van der Waals surface area contributed by atoms with Gasteiger partial charge >= 0.3 is 5.97 Å². The number of carbonyl (C=O) groups excluding carboxylic acids is 1. The van der Waals surface area contributed by atoms with E-state index in [0.29, 0.717) is 12.3 Å². The summed E-state index contributed by atoms with van der Waals surface area (Å²) in [7, 11) is 1.86. The number of carbonyl (C=O) groups is 1. The third-order valence-corrected chi connectivity index (χ3v) is 2.64. The van der Waals surface area contributed by atoms with Crippen LogP contribution in [0.5, 0.6) is 0 Å². The Balaban J connectivity index is 2.53. The third-order valence-electron chi connectivity index (χ3n) is 2.64. The summed E-state index contributed by atoms with van der Waals surface area (Å²) in [5.41, 5.74) is 3.55. The van der Waals surface area contributed by atoms with Crippen molar-refractivity contribution in [3.8, 4) is 0 Å². The molecule has 0 radical (unpaired) electrons. The van der Waals surface area contributed by atoms with E-state index in [1.54, 1.807) is 6.92 Å². The molecule has 0 saturated heterocycles. The van der Waals surface area contributed by atoms with Crippen LogP contribution >= 0.6 is 0 Å². The van der Waals surface area contributed by atoms with E-state index in [1.165, 1.54) is 0 Å². The summed E-state index contributed by atoms with van der Waals surface area (Å²) in [5, 5.41) is 4.12. The molecule has 4 heteroatoms. The van der Waals surface area contributed by atoms with E-state index >= 15 is 0 Å². The number of hydrogen-bond acceptors (Lipinski definition) is 3. The molecule has 0 fully saturated rings. The Morgan fingerprint density at radius 2 is 2.18 bits per heavy atom. The van der Waals surface area contributed by atoms with E-state index in [9.17, 15) is 4.79 Å². The standard InChI is InChI=1S/C13H16N2O2/c1-4-17-13(16)11-7-9-5-8(2)6-10(14-3)12(9)15-11/h5-7,14-15H,4H2,1-3H3. The largest absolute Gasteiger partial charge is 0.461 e. The molecule has 0 bridgehead atoms. The first-order valence-electron chi connectivity index (χ1n) is 5.64. The van der Waals surface area contributed by atoms with E-state index in [1.807, 2.05) is 32.2 Å². The lowest BCUT2D eigenvalue weighted by molar-refractivity contribution is 0.0520. The fraction of sp³-hybridized carbons (Fsp3) is 0.308. The van der Waals surface area contributed by atoms with E-state index in [-0.39, 0.29) is 5.97 Å². The second-order valence-electron chi connectivity index (χ2n) is 3.93. The molecule has 2 rings (SSSR count). The molecule has 0 aliphatic carbocycles. The lowest BCUT2D eigenvalue weighted by Crippen LogP contribution is -2.04. The number of nitrogens with one attached hydrogen (secondary N) is 2. The lowest BCUT2D eigenvalue weighted by Gasteiger charge is -2.03. The minimum absolute atomic E-state index is 0.316. The zero-order chi connectivity index (χ0) is 12.4. The lowest BCUT2D eigenvalue weighted by atomic mass is 10.1. The molecule has 0 amide bonds. The molecule has 0 unspecified atom stereocenters. The molecule has 17 heavy (non-hydrogen) atoms. The van der Waals surface area contributed by atoms with Crippen molar-refractivity contribution >= 4 is 22.6 Å². The van der Waals surface area contributed by atoms with Crippen molar-refractivity contribution < 1.29 is 9.53 Å². The van der Waals surface area contributed by atoms with Crippen molar-refractivity contribution in [2.45, 2.75) is 13.8 Å². The van der Waals surface area contributed by atoms with Crippen molar-refractivity contribution in [2.24, 2.45) is 0 Å². The van der Waals surface area contributed by atoms with Gasteiger partial charge < -0.3 is 15.0 Å². The number of aromatic nitrogens is 1. The average Bonchev–Trinajstić information content (AvgIpc) is 2.71. The Kier molecular flexibility index (Phi) is 3.04. The minimum atomic E-state index is -0.316. The van der Waals surface area contributed by atoms with Crippen LogP contribution in [0, 0.1) is 6.92 Å². The molecular formula is C13H16N2O2. The summed E-state index contributed by atoms with van der Waals surface area (Å²) in [6.07, 6.45) is 0. The molecule has 90 valence electrons. The Bertz CT molecular complexity index is 558. The SMILES string of the molecule is CCOC(=O)c1cc2cc(C)cc(NC)c2[nH]1. The summed E-state index contributed by atoms with van der Waals surface area (Å²) in [6.45, 7) is 4.20. The molecule has 1 aromatic carbocycles. The van der Waals surface area contributed by atoms with Crippen LogP contribution in [0.3, 0.4) is 0 Å². The predicted molar refractivity (Wildman–Crippen MR) is 68.5 cm³/mol. The van der Waals surface area contributed by atoms with Crippen LogP contribution in [0.25, 0.3) is 10.9 Å². The topological polar surface area (TPSA) is 54.1 Å². The normalized spacial score (nSPS) is 10.5. The first kappa shape index (κ1) is 11.5. The van der Waals surface area contributed by atoms with Gasteiger partial charge in [0.05, 0.1) is 17.8 Å². The number of ether oxygens (including phenoxy) is 1. The van der Waals surface area contributed by atoms with Gasteiger partial charge in [0.15, 0.2) is 0 Å². The van der Waals surface area contributed by atoms with E-state index in [2.05, 4.69) is 10.3 Å². The van der Waals surface area contributed by atoms with Gasteiger partial charge in [0.1, 0.15) is 5.69 Å². The highest BCUT2D eigenvalue weighted by atomic mass is 16.5. The van der Waals surface area contributed by atoms with Crippen molar-refractivity contribution in [2.75, 3.05) is 19.0 Å². The monoisotopic (exact) mass is 232 g/mol. The number of fused-ring (bicyclic) bond motifs is 1. The zero-order valence-electron chi connectivity index (χ0n) is 10.3. The first-order chi connectivity index (χ1) is 8.15. The van der Waals surface area contributed by atoms with Crippen LogP contribution in [0.2, 0.25) is 0 Å². The molecule has 1 heterocycles. The van der Waals surface area contributed by atoms with Crippen molar-refractivity contribution in [1.29, 1.82) is 0 Å². The van der Waals surface area contributed by atoms with E-state index in [4.69, 9.17) is 4.74 Å². The third kappa shape index (κ3) is 2.11. The highest BCUT2D eigenvalue weighted by Gasteiger charge is 2.12. The molecule has 0 spiro atoms.